The Balaban J connectivity index is 2.50. The van der Waals surface area contributed by atoms with Crippen LogP contribution in [0.25, 0.3) is 0 Å². The van der Waals surface area contributed by atoms with Crippen LogP contribution >= 0.6 is 46.7 Å². The molecule has 0 bridgehead atoms. The molecule has 0 spiro atoms. The molecule has 1 aromatic heterocycles. The summed E-state index contributed by atoms with van der Waals surface area (Å²) in [4.78, 5) is 0. The molecule has 0 saturated carbocycles. The van der Waals surface area contributed by atoms with Gasteiger partial charge in [0.1, 0.15) is 3.14 Å². The summed E-state index contributed by atoms with van der Waals surface area (Å²) in [5, 5.41) is 10.5. The van der Waals surface area contributed by atoms with Gasteiger partial charge in [-0.2, -0.15) is 0 Å². The first-order chi connectivity index (χ1) is 4.83. The number of aliphatic hydroxyl groups excluding tert-OH is 1. The Kier molecular flexibility index (Phi) is 3.87. The predicted octanol–water partition coefficient (Wildman–Crippen LogP) is 2.62. The average Bonchev–Trinajstić information content (AvgIpc) is 2.31. The van der Waals surface area contributed by atoms with Gasteiger partial charge >= 0.3 is 0 Å². The zero-order chi connectivity index (χ0) is 7.40. The van der Waals surface area contributed by atoms with E-state index < -0.39 is 0 Å². The van der Waals surface area contributed by atoms with Gasteiger partial charge in [-0.05, 0) is 0 Å². The molecule has 0 radical (unpaired) electrons. The summed E-state index contributed by atoms with van der Waals surface area (Å²) in [6.45, 7) is 0.236. The number of thioether (sulfide) groups is 1. The minimum atomic E-state index is 0.236. The molecule has 0 atom stereocenters. The van der Waals surface area contributed by atoms with Crippen molar-refractivity contribution in [1.29, 1.82) is 0 Å². The van der Waals surface area contributed by atoms with Gasteiger partial charge in [-0.1, -0.05) is 12.2 Å². The van der Waals surface area contributed by atoms with E-state index in [1.54, 1.807) is 34.4 Å². The Morgan fingerprint density at radius 2 is 2.50 bits per heavy atom. The molecule has 1 rings (SSSR count). The molecule has 0 fully saturated rings. The van der Waals surface area contributed by atoms with E-state index in [0.717, 1.165) is 8.89 Å². The first-order valence-corrected chi connectivity index (χ1v) is 5.74. The molecule has 0 aliphatic carbocycles. The zero-order valence-electron chi connectivity index (χ0n) is 5.07. The van der Waals surface area contributed by atoms with Gasteiger partial charge in [-0.25, -0.2) is 0 Å². The fourth-order valence-electron chi connectivity index (χ4n) is 0.436. The maximum absolute atomic E-state index is 8.50. The maximum atomic E-state index is 8.50. The van der Waals surface area contributed by atoms with E-state index >= 15 is 0 Å². The van der Waals surface area contributed by atoms with Crippen molar-refractivity contribution in [2.45, 2.75) is 4.21 Å². The van der Waals surface area contributed by atoms with Gasteiger partial charge in [0.05, 0.1) is 10.8 Å². The molecule has 0 aromatic carbocycles. The molecular formula is C5H6OS4. The van der Waals surface area contributed by atoms with Gasteiger partial charge in [-0.3, -0.25) is 0 Å². The smallest absolute Gasteiger partial charge is 0.144 e. The van der Waals surface area contributed by atoms with Crippen molar-refractivity contribution in [1.82, 2.24) is 0 Å². The standard InChI is InChI=1S/C5H6OS4/c6-1-2-8-4-3-9-5(7)10-4/h3,6H,1-2H2. The largest absolute Gasteiger partial charge is 0.396 e. The third-order valence-corrected chi connectivity index (χ3v) is 4.57. The van der Waals surface area contributed by atoms with Crippen molar-refractivity contribution in [2.75, 3.05) is 12.4 Å². The van der Waals surface area contributed by atoms with Gasteiger partial charge < -0.3 is 5.11 Å². The highest BCUT2D eigenvalue weighted by Crippen LogP contribution is 2.27. The second-order valence-corrected chi connectivity index (χ2v) is 5.99. The van der Waals surface area contributed by atoms with E-state index in [2.05, 4.69) is 0 Å². The fourth-order valence-corrected chi connectivity index (χ4v) is 3.91. The van der Waals surface area contributed by atoms with Gasteiger partial charge in [0.15, 0.2) is 0 Å². The Morgan fingerprint density at radius 1 is 1.70 bits per heavy atom. The average molecular weight is 210 g/mol. The molecule has 5 heteroatoms. The number of rotatable bonds is 3. The molecule has 1 aromatic rings. The highest BCUT2D eigenvalue weighted by molar-refractivity contribution is 8.01. The zero-order valence-corrected chi connectivity index (χ0v) is 8.34. The van der Waals surface area contributed by atoms with Crippen LogP contribution in [0.2, 0.25) is 0 Å². The predicted molar refractivity (Wildman–Crippen MR) is 50.8 cm³/mol. The lowest BCUT2D eigenvalue weighted by molar-refractivity contribution is 0.322. The summed E-state index contributed by atoms with van der Waals surface area (Å²) in [5.74, 6) is 0.766. The second kappa shape index (κ2) is 4.46. The first-order valence-electron chi connectivity index (χ1n) is 2.65. The topological polar surface area (TPSA) is 20.2 Å². The van der Waals surface area contributed by atoms with E-state index in [4.69, 9.17) is 17.3 Å². The van der Waals surface area contributed by atoms with Crippen LogP contribution < -0.4 is 0 Å². The van der Waals surface area contributed by atoms with Crippen LogP contribution in [0.1, 0.15) is 0 Å². The van der Waals surface area contributed by atoms with Crippen molar-refractivity contribution in [3.63, 3.8) is 0 Å². The summed E-state index contributed by atoms with van der Waals surface area (Å²) in [7, 11) is 0. The van der Waals surface area contributed by atoms with Crippen LogP contribution in [0, 0.1) is 3.14 Å². The van der Waals surface area contributed by atoms with Crippen molar-refractivity contribution >= 4 is 46.7 Å². The van der Waals surface area contributed by atoms with E-state index in [9.17, 15) is 0 Å². The normalized spacial score (nSPS) is 10.1. The van der Waals surface area contributed by atoms with Crippen LogP contribution in [-0.4, -0.2) is 17.5 Å². The molecule has 56 valence electrons. The van der Waals surface area contributed by atoms with Crippen molar-refractivity contribution in [3.05, 3.63) is 8.52 Å². The lowest BCUT2D eigenvalue weighted by Gasteiger charge is -1.89. The minimum absolute atomic E-state index is 0.236. The second-order valence-electron chi connectivity index (χ2n) is 1.48. The number of hydrogen-bond acceptors (Lipinski definition) is 5. The van der Waals surface area contributed by atoms with E-state index in [0.29, 0.717) is 0 Å². The first kappa shape index (κ1) is 8.67. The molecule has 0 saturated heterocycles. The van der Waals surface area contributed by atoms with Gasteiger partial charge in [0, 0.05) is 11.1 Å². The molecule has 1 heterocycles. The van der Waals surface area contributed by atoms with Crippen LogP contribution in [0.3, 0.4) is 0 Å². The minimum Gasteiger partial charge on any atom is -0.396 e. The van der Waals surface area contributed by atoms with E-state index in [1.165, 1.54) is 4.21 Å². The molecule has 0 aliphatic rings. The van der Waals surface area contributed by atoms with Crippen LogP contribution in [0.4, 0.5) is 0 Å². The van der Waals surface area contributed by atoms with E-state index in [1.807, 2.05) is 5.38 Å². The van der Waals surface area contributed by atoms with Crippen molar-refractivity contribution < 1.29 is 5.11 Å². The summed E-state index contributed by atoms with van der Waals surface area (Å²) >= 11 is 9.80. The Morgan fingerprint density at radius 3 is 3.00 bits per heavy atom. The Hall–Kier alpha value is 0.580. The third-order valence-electron chi connectivity index (χ3n) is 0.771. The van der Waals surface area contributed by atoms with Crippen LogP contribution in [0.5, 0.6) is 0 Å². The summed E-state index contributed by atoms with van der Waals surface area (Å²) in [5.41, 5.74) is 0. The van der Waals surface area contributed by atoms with Crippen LogP contribution in [-0.2, 0) is 0 Å². The lowest BCUT2D eigenvalue weighted by Crippen LogP contribution is -1.82. The summed E-state index contributed by atoms with van der Waals surface area (Å²) < 4.78 is 2.17. The monoisotopic (exact) mass is 210 g/mol. The summed E-state index contributed by atoms with van der Waals surface area (Å²) in [6, 6.07) is 0. The van der Waals surface area contributed by atoms with Crippen molar-refractivity contribution in [3.8, 4) is 0 Å². The van der Waals surface area contributed by atoms with Crippen LogP contribution in [0.15, 0.2) is 9.59 Å². The molecule has 10 heavy (non-hydrogen) atoms. The molecule has 0 amide bonds. The highest BCUT2D eigenvalue weighted by Gasteiger charge is 1.94. The molecule has 0 aliphatic heterocycles. The van der Waals surface area contributed by atoms with Crippen molar-refractivity contribution in [2.24, 2.45) is 0 Å². The molecule has 0 unspecified atom stereocenters. The van der Waals surface area contributed by atoms with Gasteiger partial charge in [0.25, 0.3) is 0 Å². The number of aliphatic hydroxyl groups is 1. The Labute approximate surface area is 76.7 Å². The maximum Gasteiger partial charge on any atom is 0.144 e. The van der Waals surface area contributed by atoms with Gasteiger partial charge in [0.2, 0.25) is 0 Å². The molecule has 1 N–H and O–H groups in total. The third kappa shape index (κ3) is 2.67. The summed E-state index contributed by atoms with van der Waals surface area (Å²) in [6.07, 6.45) is 0. The lowest BCUT2D eigenvalue weighted by atomic mass is 10.9. The number of hydrogen-bond donors (Lipinski definition) is 1. The van der Waals surface area contributed by atoms with Gasteiger partial charge in [-0.15, -0.1) is 34.4 Å². The Bertz CT molecular complexity index is 238. The SMILES string of the molecule is OCCSc1csc(=S)s1. The fraction of sp³-hybridized carbons (Fsp3) is 0.400. The molecule has 1 nitrogen and oxygen atoms in total. The van der Waals surface area contributed by atoms with E-state index in [-0.39, 0.29) is 6.61 Å². The highest BCUT2D eigenvalue weighted by atomic mass is 32.2. The quantitative estimate of drug-likeness (QED) is 0.612. The molecular weight excluding hydrogens is 204 g/mol.